The summed E-state index contributed by atoms with van der Waals surface area (Å²) >= 11 is 3.08. The Morgan fingerprint density at radius 3 is 2.31 bits per heavy atom. The van der Waals surface area contributed by atoms with Crippen LogP contribution >= 0.6 is 23.5 Å². The van der Waals surface area contributed by atoms with Gasteiger partial charge in [0.1, 0.15) is 17.1 Å². The lowest BCUT2D eigenvalue weighted by molar-refractivity contribution is -0.115. The number of thioether (sulfide) groups is 1. The first-order valence-corrected chi connectivity index (χ1v) is 12.7. The zero-order valence-corrected chi connectivity index (χ0v) is 20.3. The van der Waals surface area contributed by atoms with Gasteiger partial charge in [-0.05, 0) is 48.5 Å². The molecule has 35 heavy (non-hydrogen) atoms. The normalized spacial score (nSPS) is 12.3. The number of aromatic nitrogens is 4. The van der Waals surface area contributed by atoms with Crippen molar-refractivity contribution in [3.05, 3.63) is 85.3 Å². The molecule has 5 aromatic rings. The summed E-state index contributed by atoms with van der Waals surface area (Å²) in [4.78, 5) is 26.4. The molecule has 0 saturated heterocycles. The molecule has 9 heteroatoms. The molecule has 7 nitrogen and oxygen atoms in total. The van der Waals surface area contributed by atoms with Crippen LogP contribution in [0, 0.1) is 0 Å². The van der Waals surface area contributed by atoms with E-state index in [9.17, 15) is 4.79 Å². The Kier molecular flexibility index (Phi) is 5.63. The van der Waals surface area contributed by atoms with E-state index in [2.05, 4.69) is 15.1 Å². The van der Waals surface area contributed by atoms with Crippen LogP contribution < -0.4 is 9.64 Å². The molecule has 172 valence electrons. The standard InChI is InChI=1S/C26H19N5O2S2/c1-33-18-12-10-17(11-13-18)31-25-19(14-29-31)26(28-16-27-25)34-15-24(32)30-20-6-2-4-8-22(20)35-23-9-5-3-7-21(23)30/h2-14,16H,15H2,1H3. The van der Waals surface area contributed by atoms with Crippen LogP contribution in [0.2, 0.25) is 0 Å². The molecule has 1 aliphatic rings. The third kappa shape index (κ3) is 3.92. The third-order valence-corrected chi connectivity index (χ3v) is 7.78. The van der Waals surface area contributed by atoms with Crippen LogP contribution in [-0.2, 0) is 4.79 Å². The van der Waals surface area contributed by atoms with Gasteiger partial charge < -0.3 is 4.74 Å². The predicted molar refractivity (Wildman–Crippen MR) is 138 cm³/mol. The molecule has 1 aliphatic heterocycles. The predicted octanol–water partition coefficient (Wildman–Crippen LogP) is 5.75. The largest absolute Gasteiger partial charge is 0.497 e. The van der Waals surface area contributed by atoms with Gasteiger partial charge in [0.15, 0.2) is 5.65 Å². The average Bonchev–Trinajstić information content (AvgIpc) is 3.35. The monoisotopic (exact) mass is 497 g/mol. The maximum atomic E-state index is 13.5. The van der Waals surface area contributed by atoms with Crippen molar-refractivity contribution in [1.82, 2.24) is 19.7 Å². The van der Waals surface area contributed by atoms with Crippen LogP contribution in [-0.4, -0.2) is 38.5 Å². The Labute approximate surface area is 210 Å². The van der Waals surface area contributed by atoms with Crippen molar-refractivity contribution in [2.75, 3.05) is 17.8 Å². The van der Waals surface area contributed by atoms with E-state index >= 15 is 0 Å². The number of carbonyl (C=O) groups excluding carboxylic acids is 1. The van der Waals surface area contributed by atoms with E-state index in [1.807, 2.05) is 77.7 Å². The molecule has 0 unspecified atom stereocenters. The van der Waals surface area contributed by atoms with E-state index in [1.165, 1.54) is 18.1 Å². The van der Waals surface area contributed by atoms with Gasteiger partial charge in [-0.2, -0.15) is 5.10 Å². The second kappa shape index (κ2) is 9.09. The Hall–Kier alpha value is -3.82. The lowest BCUT2D eigenvalue weighted by atomic mass is 10.2. The highest BCUT2D eigenvalue weighted by Crippen LogP contribution is 2.48. The summed E-state index contributed by atoms with van der Waals surface area (Å²) in [5.41, 5.74) is 3.36. The highest BCUT2D eigenvalue weighted by Gasteiger charge is 2.28. The summed E-state index contributed by atoms with van der Waals surface area (Å²) in [6.07, 6.45) is 3.26. The maximum Gasteiger partial charge on any atom is 0.242 e. The Morgan fingerprint density at radius 2 is 1.63 bits per heavy atom. The number of benzene rings is 3. The number of ether oxygens (including phenoxy) is 1. The first-order chi connectivity index (χ1) is 17.2. The van der Waals surface area contributed by atoms with Crippen molar-refractivity contribution in [3.63, 3.8) is 0 Å². The van der Waals surface area contributed by atoms with Crippen LogP contribution in [0.15, 0.2) is 100 Å². The van der Waals surface area contributed by atoms with Crippen LogP contribution in [0.5, 0.6) is 5.75 Å². The van der Waals surface area contributed by atoms with Gasteiger partial charge in [0.05, 0.1) is 41.5 Å². The SMILES string of the molecule is COc1ccc(-n2ncc3c(SCC(=O)N4c5ccccc5Sc5ccccc54)ncnc32)cc1. The van der Waals surface area contributed by atoms with Crippen LogP contribution in [0.3, 0.4) is 0 Å². The van der Waals surface area contributed by atoms with Crippen LogP contribution in [0.1, 0.15) is 0 Å². The summed E-state index contributed by atoms with van der Waals surface area (Å²) in [5.74, 6) is 0.992. The van der Waals surface area contributed by atoms with Gasteiger partial charge >= 0.3 is 0 Å². The third-order valence-electron chi connectivity index (χ3n) is 5.66. The van der Waals surface area contributed by atoms with Crippen molar-refractivity contribution in [3.8, 4) is 11.4 Å². The first-order valence-electron chi connectivity index (χ1n) is 10.9. The van der Waals surface area contributed by atoms with E-state index in [0.29, 0.717) is 5.65 Å². The number of para-hydroxylation sites is 2. The molecule has 0 radical (unpaired) electrons. The Bertz CT molecular complexity index is 1510. The van der Waals surface area contributed by atoms with Crippen molar-refractivity contribution in [1.29, 1.82) is 0 Å². The van der Waals surface area contributed by atoms with E-state index in [1.54, 1.807) is 29.8 Å². The summed E-state index contributed by atoms with van der Waals surface area (Å²) in [7, 11) is 1.64. The van der Waals surface area contributed by atoms with Gasteiger partial charge in [0.25, 0.3) is 0 Å². The second-order valence-corrected chi connectivity index (χ2v) is 9.77. The van der Waals surface area contributed by atoms with Crippen LogP contribution in [0.25, 0.3) is 16.7 Å². The molecule has 0 atom stereocenters. The van der Waals surface area contributed by atoms with E-state index < -0.39 is 0 Å². The van der Waals surface area contributed by atoms with Gasteiger partial charge in [-0.1, -0.05) is 47.8 Å². The van der Waals surface area contributed by atoms with Gasteiger partial charge in [-0.3, -0.25) is 9.69 Å². The molecule has 0 bridgehead atoms. The fraction of sp³-hybridized carbons (Fsp3) is 0.0769. The molecule has 3 heterocycles. The second-order valence-electron chi connectivity index (χ2n) is 7.73. The van der Waals surface area contributed by atoms with Gasteiger partial charge in [0.2, 0.25) is 5.91 Å². The fourth-order valence-electron chi connectivity index (χ4n) is 4.02. The zero-order chi connectivity index (χ0) is 23.8. The minimum absolute atomic E-state index is 0.00971. The average molecular weight is 498 g/mol. The number of hydrogen-bond donors (Lipinski definition) is 0. The minimum Gasteiger partial charge on any atom is -0.497 e. The first kappa shape index (κ1) is 21.7. The molecular formula is C26H19N5O2S2. The number of hydrogen-bond acceptors (Lipinski definition) is 7. The minimum atomic E-state index is -0.00971. The summed E-state index contributed by atoms with van der Waals surface area (Å²) in [6, 6.07) is 23.6. The highest BCUT2D eigenvalue weighted by molar-refractivity contribution is 8.00. The molecule has 0 fully saturated rings. The number of amides is 1. The fourth-order valence-corrected chi connectivity index (χ4v) is 5.89. The number of rotatable bonds is 5. The smallest absolute Gasteiger partial charge is 0.242 e. The number of carbonyl (C=O) groups is 1. The number of nitrogens with zero attached hydrogens (tertiary/aromatic N) is 5. The van der Waals surface area contributed by atoms with Crippen molar-refractivity contribution in [2.24, 2.45) is 0 Å². The van der Waals surface area contributed by atoms with Gasteiger partial charge in [0, 0.05) is 9.79 Å². The van der Waals surface area contributed by atoms with Crippen molar-refractivity contribution >= 4 is 51.8 Å². The van der Waals surface area contributed by atoms with Crippen LogP contribution in [0.4, 0.5) is 11.4 Å². The molecule has 0 aliphatic carbocycles. The van der Waals surface area contributed by atoms with E-state index in [0.717, 1.165) is 43.0 Å². The summed E-state index contributed by atoms with van der Waals surface area (Å²) in [6.45, 7) is 0. The number of methoxy groups -OCH3 is 1. The quantitative estimate of drug-likeness (QED) is 0.226. The number of anilines is 2. The molecule has 0 spiro atoms. The molecule has 2 aromatic heterocycles. The molecule has 0 N–H and O–H groups in total. The van der Waals surface area contributed by atoms with Gasteiger partial charge in [-0.15, -0.1) is 0 Å². The Morgan fingerprint density at radius 1 is 0.943 bits per heavy atom. The topological polar surface area (TPSA) is 73.1 Å². The lowest BCUT2D eigenvalue weighted by Gasteiger charge is -2.30. The van der Waals surface area contributed by atoms with Crippen molar-refractivity contribution in [2.45, 2.75) is 14.8 Å². The zero-order valence-electron chi connectivity index (χ0n) is 18.7. The highest BCUT2D eigenvalue weighted by atomic mass is 32.2. The molecule has 6 rings (SSSR count). The summed E-state index contributed by atoms with van der Waals surface area (Å²) in [5, 5.41) is 6.04. The maximum absolute atomic E-state index is 13.5. The Balaban J connectivity index is 1.29. The molecule has 1 amide bonds. The van der Waals surface area contributed by atoms with E-state index in [4.69, 9.17) is 4.74 Å². The molecular weight excluding hydrogens is 478 g/mol. The molecule has 0 saturated carbocycles. The van der Waals surface area contributed by atoms with Crippen molar-refractivity contribution < 1.29 is 9.53 Å². The lowest BCUT2D eigenvalue weighted by Crippen LogP contribution is -2.30. The van der Waals surface area contributed by atoms with E-state index in [-0.39, 0.29) is 11.7 Å². The summed E-state index contributed by atoms with van der Waals surface area (Å²) < 4.78 is 7.01. The number of fused-ring (bicyclic) bond motifs is 3. The molecule has 3 aromatic carbocycles. The van der Waals surface area contributed by atoms with Gasteiger partial charge in [-0.25, -0.2) is 14.6 Å².